The van der Waals surface area contributed by atoms with Crippen LogP contribution < -0.4 is 0 Å². The van der Waals surface area contributed by atoms with Crippen molar-refractivity contribution in [3.8, 4) is 0 Å². The van der Waals surface area contributed by atoms with Gasteiger partial charge in [-0.3, -0.25) is 0 Å². The van der Waals surface area contributed by atoms with E-state index < -0.39 is 10.0 Å². The van der Waals surface area contributed by atoms with Crippen LogP contribution in [0.2, 0.25) is 0 Å². The SMILES string of the molecule is CN(CC1(CCN2CCC(CCCc3ccccc3)CC2)CCc2ccccc21)S(=O)(=O)c1cccc2nsnc12. The average molecular weight is 589 g/mol. The molecule has 1 unspecified atom stereocenters. The van der Waals surface area contributed by atoms with Gasteiger partial charge in [0.25, 0.3) is 0 Å². The molecule has 1 fully saturated rings. The Morgan fingerprint density at radius 2 is 1.76 bits per heavy atom. The summed E-state index contributed by atoms with van der Waals surface area (Å²) in [4.78, 5) is 2.87. The summed E-state index contributed by atoms with van der Waals surface area (Å²) < 4.78 is 37.9. The summed E-state index contributed by atoms with van der Waals surface area (Å²) in [5, 5.41) is 0. The molecule has 6 nitrogen and oxygen atoms in total. The molecule has 2 heterocycles. The van der Waals surface area contributed by atoms with Gasteiger partial charge in [0.1, 0.15) is 15.9 Å². The molecule has 41 heavy (non-hydrogen) atoms. The second-order valence-electron chi connectivity index (χ2n) is 12.0. The van der Waals surface area contributed by atoms with Gasteiger partial charge < -0.3 is 4.90 Å². The van der Waals surface area contributed by atoms with Crippen LogP contribution in [0.5, 0.6) is 0 Å². The molecular weight excluding hydrogens is 549 g/mol. The first-order valence-electron chi connectivity index (χ1n) is 15.0. The van der Waals surface area contributed by atoms with Gasteiger partial charge in [0.05, 0.1) is 11.7 Å². The van der Waals surface area contributed by atoms with Gasteiger partial charge in [0.2, 0.25) is 10.0 Å². The zero-order valence-corrected chi connectivity index (χ0v) is 25.5. The van der Waals surface area contributed by atoms with Crippen LogP contribution in [0.15, 0.2) is 77.7 Å². The highest BCUT2D eigenvalue weighted by molar-refractivity contribution is 7.89. The Labute approximate surface area is 248 Å². The molecule has 1 aliphatic carbocycles. The Morgan fingerprint density at radius 3 is 2.59 bits per heavy atom. The van der Waals surface area contributed by atoms with Gasteiger partial charge in [0.15, 0.2) is 0 Å². The number of sulfonamides is 1. The third kappa shape index (κ3) is 6.12. The number of piperidine rings is 1. The summed E-state index contributed by atoms with van der Waals surface area (Å²) in [5.74, 6) is 0.815. The van der Waals surface area contributed by atoms with Crippen molar-refractivity contribution in [2.75, 3.05) is 33.2 Å². The largest absolute Gasteiger partial charge is 0.303 e. The van der Waals surface area contributed by atoms with Crippen molar-refractivity contribution in [1.82, 2.24) is 18.0 Å². The zero-order valence-electron chi connectivity index (χ0n) is 23.9. The molecule has 1 saturated heterocycles. The van der Waals surface area contributed by atoms with Crippen LogP contribution in [-0.2, 0) is 28.3 Å². The molecule has 216 valence electrons. The number of aromatic nitrogens is 2. The van der Waals surface area contributed by atoms with E-state index in [0.717, 1.165) is 56.5 Å². The predicted octanol–water partition coefficient (Wildman–Crippen LogP) is 6.32. The number of likely N-dealkylation sites (tertiary alicyclic amines) is 1. The van der Waals surface area contributed by atoms with Gasteiger partial charge in [-0.2, -0.15) is 13.1 Å². The van der Waals surface area contributed by atoms with E-state index >= 15 is 0 Å². The summed E-state index contributed by atoms with van der Waals surface area (Å²) in [6.07, 6.45) is 9.21. The number of rotatable bonds is 11. The number of aryl methyl sites for hydroxylation is 2. The van der Waals surface area contributed by atoms with Gasteiger partial charge in [-0.25, -0.2) is 8.42 Å². The van der Waals surface area contributed by atoms with E-state index in [1.807, 2.05) is 6.07 Å². The Hall–Kier alpha value is -2.65. The molecule has 4 aromatic rings. The van der Waals surface area contributed by atoms with Gasteiger partial charge >= 0.3 is 0 Å². The van der Waals surface area contributed by atoms with E-state index in [4.69, 9.17) is 0 Å². The molecule has 1 aliphatic heterocycles. The third-order valence-electron chi connectivity index (χ3n) is 9.46. The molecule has 1 atom stereocenters. The first-order valence-corrected chi connectivity index (χ1v) is 17.1. The quantitative estimate of drug-likeness (QED) is 0.205. The summed E-state index contributed by atoms with van der Waals surface area (Å²) in [6, 6.07) is 24.7. The smallest absolute Gasteiger partial charge is 0.245 e. The molecule has 0 bridgehead atoms. The van der Waals surface area contributed by atoms with Crippen LogP contribution in [0.4, 0.5) is 0 Å². The lowest BCUT2D eigenvalue weighted by atomic mass is 9.78. The van der Waals surface area contributed by atoms with Crippen LogP contribution in [0.1, 0.15) is 55.2 Å². The fourth-order valence-electron chi connectivity index (χ4n) is 7.05. The van der Waals surface area contributed by atoms with E-state index in [9.17, 15) is 8.42 Å². The molecule has 6 rings (SSSR count). The Kier molecular flexibility index (Phi) is 8.54. The number of benzene rings is 3. The van der Waals surface area contributed by atoms with Crippen molar-refractivity contribution in [2.24, 2.45) is 5.92 Å². The maximum Gasteiger partial charge on any atom is 0.245 e. The standard InChI is InChI=1S/C33H40N4O2S2/c1-36(41(38,39)31-16-8-15-30-32(31)35-40-34-30)25-33(20-17-28-13-5-6-14-29(28)33)21-24-37-22-18-27(19-23-37)12-7-11-26-9-3-2-4-10-26/h2-6,8-10,13-16,27H,7,11-12,17-25H2,1H3. The van der Waals surface area contributed by atoms with Gasteiger partial charge in [0, 0.05) is 19.0 Å². The number of hydrogen-bond donors (Lipinski definition) is 0. The van der Waals surface area contributed by atoms with E-state index in [1.165, 1.54) is 48.8 Å². The minimum absolute atomic E-state index is 0.195. The summed E-state index contributed by atoms with van der Waals surface area (Å²) >= 11 is 1.06. The van der Waals surface area contributed by atoms with Crippen LogP contribution in [0.3, 0.4) is 0 Å². The summed E-state index contributed by atoms with van der Waals surface area (Å²) in [7, 11) is -1.99. The highest BCUT2D eigenvalue weighted by Gasteiger charge is 2.42. The second-order valence-corrected chi connectivity index (χ2v) is 14.5. The number of hydrogen-bond acceptors (Lipinski definition) is 6. The van der Waals surface area contributed by atoms with Crippen molar-refractivity contribution < 1.29 is 8.42 Å². The molecule has 0 saturated carbocycles. The summed E-state index contributed by atoms with van der Waals surface area (Å²) in [5.41, 5.74) is 5.04. The predicted molar refractivity (Wildman–Crippen MR) is 167 cm³/mol. The fraction of sp³-hybridized carbons (Fsp3) is 0.455. The Balaban J connectivity index is 1.11. The number of likely N-dealkylation sites (N-methyl/N-ethyl adjacent to an activating group) is 1. The van der Waals surface area contributed by atoms with Gasteiger partial charge in [-0.1, -0.05) is 67.1 Å². The molecule has 2 aliphatic rings. The number of fused-ring (bicyclic) bond motifs is 2. The van der Waals surface area contributed by atoms with Crippen molar-refractivity contribution in [3.05, 3.63) is 89.5 Å². The highest BCUT2D eigenvalue weighted by atomic mass is 32.2. The van der Waals surface area contributed by atoms with E-state index in [2.05, 4.69) is 68.2 Å². The lowest BCUT2D eigenvalue weighted by molar-refractivity contribution is 0.158. The fourth-order valence-corrected chi connectivity index (χ4v) is 9.05. The van der Waals surface area contributed by atoms with Crippen LogP contribution in [0, 0.1) is 5.92 Å². The van der Waals surface area contributed by atoms with Crippen LogP contribution in [0.25, 0.3) is 11.0 Å². The minimum Gasteiger partial charge on any atom is -0.303 e. The van der Waals surface area contributed by atoms with Gasteiger partial charge in [-0.15, -0.1) is 0 Å². The van der Waals surface area contributed by atoms with Crippen molar-refractivity contribution in [3.63, 3.8) is 0 Å². The molecule has 0 spiro atoms. The first kappa shape index (κ1) is 28.5. The Morgan fingerprint density at radius 1 is 0.976 bits per heavy atom. The van der Waals surface area contributed by atoms with Crippen molar-refractivity contribution in [2.45, 2.75) is 61.7 Å². The summed E-state index contributed by atoms with van der Waals surface area (Å²) in [6.45, 7) is 3.75. The number of nitrogens with zero attached hydrogens (tertiary/aromatic N) is 4. The molecule has 8 heteroatoms. The molecule has 3 aromatic carbocycles. The maximum atomic E-state index is 13.9. The normalized spacial score (nSPS) is 20.1. The zero-order chi connectivity index (χ0) is 28.3. The van der Waals surface area contributed by atoms with Gasteiger partial charge in [-0.05, 0) is 99.3 Å². The maximum absolute atomic E-state index is 13.9. The second kappa shape index (κ2) is 12.3. The average Bonchev–Trinajstić information content (AvgIpc) is 3.63. The molecule has 0 amide bonds. The van der Waals surface area contributed by atoms with Crippen molar-refractivity contribution in [1.29, 1.82) is 0 Å². The third-order valence-corrected chi connectivity index (χ3v) is 11.8. The van der Waals surface area contributed by atoms with Crippen LogP contribution >= 0.6 is 11.7 Å². The van der Waals surface area contributed by atoms with Crippen LogP contribution in [-0.4, -0.2) is 59.6 Å². The lowest BCUT2D eigenvalue weighted by Crippen LogP contribution is -2.44. The minimum atomic E-state index is -3.72. The van der Waals surface area contributed by atoms with E-state index in [-0.39, 0.29) is 10.3 Å². The Bertz CT molecular complexity index is 1560. The molecular formula is C33H40N4O2S2. The highest BCUT2D eigenvalue weighted by Crippen LogP contribution is 2.43. The monoisotopic (exact) mass is 588 g/mol. The van der Waals surface area contributed by atoms with Crippen molar-refractivity contribution >= 4 is 32.8 Å². The first-order chi connectivity index (χ1) is 19.9. The molecule has 0 radical (unpaired) electrons. The van der Waals surface area contributed by atoms with E-state index in [0.29, 0.717) is 17.6 Å². The van der Waals surface area contributed by atoms with E-state index in [1.54, 1.807) is 23.5 Å². The lowest BCUT2D eigenvalue weighted by Gasteiger charge is -2.38. The molecule has 1 aromatic heterocycles. The topological polar surface area (TPSA) is 66.4 Å². The molecule has 0 N–H and O–H groups in total.